The summed E-state index contributed by atoms with van der Waals surface area (Å²) in [5.41, 5.74) is 14.4. The van der Waals surface area contributed by atoms with E-state index in [2.05, 4.69) is 229 Å². The Labute approximate surface area is 337 Å². The molecular formula is C56H37NO. The normalized spacial score (nSPS) is 11.4. The summed E-state index contributed by atoms with van der Waals surface area (Å²) in [6.07, 6.45) is 0. The predicted octanol–water partition coefficient (Wildman–Crippen LogP) is 16.0. The Morgan fingerprint density at radius 2 is 0.793 bits per heavy atom. The van der Waals surface area contributed by atoms with Crippen LogP contribution in [0, 0.1) is 0 Å². The first-order valence-electron chi connectivity index (χ1n) is 19.8. The van der Waals surface area contributed by atoms with Gasteiger partial charge in [-0.25, -0.2) is 0 Å². The van der Waals surface area contributed by atoms with Crippen LogP contribution in [0.25, 0.3) is 88.0 Å². The molecule has 0 aliphatic heterocycles. The topological polar surface area (TPSA) is 16.4 Å². The van der Waals surface area contributed by atoms with Crippen molar-refractivity contribution >= 4 is 60.5 Å². The number of nitrogens with zero attached hydrogens (tertiary/aromatic N) is 1. The average Bonchev–Trinajstić information content (AvgIpc) is 3.68. The molecule has 2 heteroatoms. The first-order valence-corrected chi connectivity index (χ1v) is 19.8. The molecule has 0 unspecified atom stereocenters. The smallest absolute Gasteiger partial charge is 0.137 e. The summed E-state index contributed by atoms with van der Waals surface area (Å²) in [5, 5.41) is 7.25. The Bertz CT molecular complexity index is 3250. The van der Waals surface area contributed by atoms with E-state index in [1.807, 2.05) is 0 Å². The van der Waals surface area contributed by atoms with Crippen molar-refractivity contribution in [3.05, 3.63) is 224 Å². The molecule has 0 saturated carbocycles. The third-order valence-corrected chi connectivity index (χ3v) is 11.5. The SMILES string of the molecule is c1ccc(-c2ccc(N(c3ccc(-c4ccccc4-c4ccccc4)cc3)c3ccc4c(c3)oc3cccc(-c5ccc6c(ccc7ccccc76)c5)c34)cc2)cc1. The van der Waals surface area contributed by atoms with Gasteiger partial charge in [0.05, 0.1) is 0 Å². The lowest BCUT2D eigenvalue weighted by Gasteiger charge is -2.26. The standard InChI is InChI=1S/C56H37NO/c1-3-12-38(13-4-1)39-24-29-45(30-25-39)57(46-31-26-42(27-32-46)50-19-10-9-18-48(50)40-14-5-2-6-15-40)47-33-35-53-55(37-47)58-54-21-11-20-52(56(53)54)44-28-34-51-43(36-44)23-22-41-16-7-8-17-49(41)51/h1-37H. The van der Waals surface area contributed by atoms with E-state index >= 15 is 0 Å². The Balaban J connectivity index is 1.02. The molecule has 0 aliphatic rings. The second-order valence-electron chi connectivity index (χ2n) is 14.9. The van der Waals surface area contributed by atoms with E-state index in [-0.39, 0.29) is 0 Å². The molecule has 0 aliphatic carbocycles. The first-order chi connectivity index (χ1) is 28.7. The van der Waals surface area contributed by atoms with Gasteiger partial charge in [0.15, 0.2) is 0 Å². The number of anilines is 3. The third-order valence-electron chi connectivity index (χ3n) is 11.5. The number of rotatable bonds is 7. The van der Waals surface area contributed by atoms with E-state index in [4.69, 9.17) is 4.42 Å². The molecule has 0 saturated heterocycles. The fraction of sp³-hybridized carbons (Fsp3) is 0. The van der Waals surface area contributed by atoms with E-state index in [0.29, 0.717) is 0 Å². The largest absolute Gasteiger partial charge is 0.456 e. The quantitative estimate of drug-likeness (QED) is 0.151. The number of furan rings is 1. The summed E-state index contributed by atoms with van der Waals surface area (Å²) in [4.78, 5) is 2.32. The number of fused-ring (bicyclic) bond motifs is 6. The highest BCUT2D eigenvalue weighted by Crippen LogP contribution is 2.43. The van der Waals surface area contributed by atoms with Gasteiger partial charge in [0, 0.05) is 33.9 Å². The van der Waals surface area contributed by atoms with Crippen molar-refractivity contribution in [2.75, 3.05) is 4.90 Å². The minimum Gasteiger partial charge on any atom is -0.456 e. The maximum Gasteiger partial charge on any atom is 0.137 e. The minimum atomic E-state index is 0.853. The van der Waals surface area contributed by atoms with Crippen LogP contribution in [0.1, 0.15) is 0 Å². The van der Waals surface area contributed by atoms with E-state index in [0.717, 1.165) is 39.0 Å². The number of benzene rings is 10. The number of hydrogen-bond acceptors (Lipinski definition) is 2. The summed E-state index contributed by atoms with van der Waals surface area (Å²) in [5.74, 6) is 0. The Hall–Kier alpha value is -7.68. The van der Waals surface area contributed by atoms with Crippen molar-refractivity contribution in [3.8, 4) is 44.5 Å². The molecule has 11 aromatic rings. The fourth-order valence-corrected chi connectivity index (χ4v) is 8.65. The van der Waals surface area contributed by atoms with Crippen molar-refractivity contribution in [1.29, 1.82) is 0 Å². The maximum atomic E-state index is 6.70. The lowest BCUT2D eigenvalue weighted by molar-refractivity contribution is 0.669. The third kappa shape index (κ3) is 5.91. The molecule has 1 heterocycles. The van der Waals surface area contributed by atoms with Crippen LogP contribution < -0.4 is 4.90 Å². The zero-order valence-corrected chi connectivity index (χ0v) is 31.7. The summed E-state index contributed by atoms with van der Waals surface area (Å²) >= 11 is 0. The zero-order valence-electron chi connectivity index (χ0n) is 31.7. The van der Waals surface area contributed by atoms with Gasteiger partial charge in [-0.3, -0.25) is 0 Å². The highest BCUT2D eigenvalue weighted by atomic mass is 16.3. The summed E-state index contributed by atoms with van der Waals surface area (Å²) in [6.45, 7) is 0. The van der Waals surface area contributed by atoms with Gasteiger partial charge in [-0.2, -0.15) is 0 Å². The van der Waals surface area contributed by atoms with Gasteiger partial charge in [-0.15, -0.1) is 0 Å². The molecule has 1 aromatic heterocycles. The van der Waals surface area contributed by atoms with E-state index in [9.17, 15) is 0 Å². The molecular weight excluding hydrogens is 703 g/mol. The van der Waals surface area contributed by atoms with Gasteiger partial charge in [0.1, 0.15) is 11.2 Å². The van der Waals surface area contributed by atoms with E-state index in [1.54, 1.807) is 0 Å². The number of hydrogen-bond donors (Lipinski definition) is 0. The molecule has 272 valence electrons. The molecule has 10 aromatic carbocycles. The molecule has 0 amide bonds. The summed E-state index contributed by atoms with van der Waals surface area (Å²) in [6, 6.07) is 80.5. The molecule has 0 spiro atoms. The van der Waals surface area contributed by atoms with Crippen LogP contribution in [0.4, 0.5) is 17.1 Å². The molecule has 0 atom stereocenters. The Morgan fingerprint density at radius 1 is 0.276 bits per heavy atom. The van der Waals surface area contributed by atoms with Crippen LogP contribution in [-0.2, 0) is 0 Å². The Morgan fingerprint density at radius 3 is 1.53 bits per heavy atom. The van der Waals surface area contributed by atoms with Crippen molar-refractivity contribution in [2.24, 2.45) is 0 Å². The van der Waals surface area contributed by atoms with Crippen molar-refractivity contribution < 1.29 is 4.42 Å². The lowest BCUT2D eigenvalue weighted by atomic mass is 9.94. The van der Waals surface area contributed by atoms with Crippen LogP contribution in [0.3, 0.4) is 0 Å². The zero-order chi connectivity index (χ0) is 38.4. The monoisotopic (exact) mass is 739 g/mol. The van der Waals surface area contributed by atoms with Gasteiger partial charge in [0.25, 0.3) is 0 Å². The summed E-state index contributed by atoms with van der Waals surface area (Å²) < 4.78 is 6.70. The minimum absolute atomic E-state index is 0.853. The van der Waals surface area contributed by atoms with Gasteiger partial charge in [-0.05, 0) is 115 Å². The molecule has 11 rings (SSSR count). The molecule has 0 fully saturated rings. The average molecular weight is 740 g/mol. The molecule has 58 heavy (non-hydrogen) atoms. The molecule has 2 nitrogen and oxygen atoms in total. The van der Waals surface area contributed by atoms with Crippen LogP contribution in [0.2, 0.25) is 0 Å². The second-order valence-corrected chi connectivity index (χ2v) is 14.9. The molecule has 0 N–H and O–H groups in total. The van der Waals surface area contributed by atoms with E-state index < -0.39 is 0 Å². The molecule has 0 bridgehead atoms. The fourth-order valence-electron chi connectivity index (χ4n) is 8.65. The van der Waals surface area contributed by atoms with Gasteiger partial charge < -0.3 is 9.32 Å². The highest BCUT2D eigenvalue weighted by molar-refractivity contribution is 6.15. The van der Waals surface area contributed by atoms with Crippen molar-refractivity contribution in [3.63, 3.8) is 0 Å². The van der Waals surface area contributed by atoms with Crippen LogP contribution in [-0.4, -0.2) is 0 Å². The van der Waals surface area contributed by atoms with Crippen LogP contribution in [0.5, 0.6) is 0 Å². The lowest BCUT2D eigenvalue weighted by Crippen LogP contribution is -2.09. The highest BCUT2D eigenvalue weighted by Gasteiger charge is 2.19. The first kappa shape index (κ1) is 33.6. The van der Waals surface area contributed by atoms with E-state index in [1.165, 1.54) is 66.1 Å². The van der Waals surface area contributed by atoms with Gasteiger partial charge in [0.2, 0.25) is 0 Å². The van der Waals surface area contributed by atoms with Crippen LogP contribution >= 0.6 is 0 Å². The van der Waals surface area contributed by atoms with Gasteiger partial charge >= 0.3 is 0 Å². The summed E-state index contributed by atoms with van der Waals surface area (Å²) in [7, 11) is 0. The maximum absolute atomic E-state index is 6.70. The van der Waals surface area contributed by atoms with Crippen LogP contribution in [0.15, 0.2) is 229 Å². The second kappa shape index (κ2) is 14.1. The Kier molecular flexibility index (Phi) is 8.19. The van der Waals surface area contributed by atoms with Crippen molar-refractivity contribution in [2.45, 2.75) is 0 Å². The predicted molar refractivity (Wildman–Crippen MR) is 245 cm³/mol. The molecule has 0 radical (unpaired) electrons. The van der Waals surface area contributed by atoms with Gasteiger partial charge in [-0.1, -0.05) is 170 Å². The van der Waals surface area contributed by atoms with Crippen molar-refractivity contribution in [1.82, 2.24) is 0 Å².